The van der Waals surface area contributed by atoms with Crippen LogP contribution < -0.4 is 0 Å². The maximum Gasteiger partial charge on any atom is -0.00243 e. The molecule has 0 saturated carbocycles. The van der Waals surface area contributed by atoms with E-state index in [1.807, 2.05) is 0 Å². The standard InChI is InChI=1S/C14H26/c1-8-11(5)12(6)13(7)14(9-2)10(3)4/h8,10,12H,9H2,1-7H3. The molecule has 1 unspecified atom stereocenters. The summed E-state index contributed by atoms with van der Waals surface area (Å²) in [5, 5.41) is 0. The van der Waals surface area contributed by atoms with E-state index in [4.69, 9.17) is 0 Å². The Morgan fingerprint density at radius 1 is 1.14 bits per heavy atom. The molecule has 0 aliphatic heterocycles. The molecule has 0 saturated heterocycles. The SMILES string of the molecule is CC=C(C)C(C)C(C)=C(CC)C(C)C. The van der Waals surface area contributed by atoms with Gasteiger partial charge in [-0.15, -0.1) is 0 Å². The quantitative estimate of drug-likeness (QED) is 0.554. The Balaban J connectivity index is 4.95. The largest absolute Gasteiger partial charge is 0.0881 e. The fraction of sp³-hybridized carbons (Fsp3) is 0.714. The molecule has 1 atom stereocenters. The summed E-state index contributed by atoms with van der Waals surface area (Å²) in [6.07, 6.45) is 3.41. The molecule has 0 spiro atoms. The summed E-state index contributed by atoms with van der Waals surface area (Å²) in [7, 11) is 0. The number of hydrogen-bond donors (Lipinski definition) is 0. The van der Waals surface area contributed by atoms with Gasteiger partial charge in [0, 0.05) is 0 Å². The Hall–Kier alpha value is -0.520. The van der Waals surface area contributed by atoms with Gasteiger partial charge in [0.2, 0.25) is 0 Å². The molecule has 0 aliphatic carbocycles. The summed E-state index contributed by atoms with van der Waals surface area (Å²) in [4.78, 5) is 0. The van der Waals surface area contributed by atoms with Gasteiger partial charge in [-0.1, -0.05) is 50.5 Å². The lowest BCUT2D eigenvalue weighted by atomic mass is 9.86. The van der Waals surface area contributed by atoms with E-state index < -0.39 is 0 Å². The molecule has 0 heterocycles. The first-order chi connectivity index (χ1) is 6.45. The van der Waals surface area contributed by atoms with E-state index >= 15 is 0 Å². The maximum atomic E-state index is 2.31. The number of allylic oxidation sites excluding steroid dienone is 4. The summed E-state index contributed by atoms with van der Waals surface area (Å²) in [5.74, 6) is 1.30. The van der Waals surface area contributed by atoms with Gasteiger partial charge in [-0.25, -0.2) is 0 Å². The molecule has 0 fully saturated rings. The summed E-state index contributed by atoms with van der Waals surface area (Å²) < 4.78 is 0. The van der Waals surface area contributed by atoms with Crippen molar-refractivity contribution >= 4 is 0 Å². The molecule has 0 aromatic carbocycles. The smallest absolute Gasteiger partial charge is 0.00243 e. The van der Waals surface area contributed by atoms with Gasteiger partial charge < -0.3 is 0 Å². The van der Waals surface area contributed by atoms with Gasteiger partial charge in [0.1, 0.15) is 0 Å². The van der Waals surface area contributed by atoms with Crippen molar-refractivity contribution in [1.29, 1.82) is 0 Å². The van der Waals surface area contributed by atoms with Crippen molar-refractivity contribution in [3.05, 3.63) is 22.8 Å². The predicted octanol–water partition coefficient (Wildman–Crippen LogP) is 4.97. The number of rotatable bonds is 4. The van der Waals surface area contributed by atoms with Crippen LogP contribution in [0.1, 0.15) is 54.9 Å². The minimum atomic E-state index is 0.609. The minimum absolute atomic E-state index is 0.609. The fourth-order valence-corrected chi connectivity index (χ4v) is 2.01. The molecule has 0 rings (SSSR count). The van der Waals surface area contributed by atoms with E-state index in [0.29, 0.717) is 11.8 Å². The van der Waals surface area contributed by atoms with E-state index in [2.05, 4.69) is 54.5 Å². The topological polar surface area (TPSA) is 0 Å². The van der Waals surface area contributed by atoms with Crippen LogP contribution in [-0.2, 0) is 0 Å². The van der Waals surface area contributed by atoms with E-state index in [0.717, 1.165) is 0 Å². The molecule has 82 valence electrons. The van der Waals surface area contributed by atoms with Crippen molar-refractivity contribution in [2.45, 2.75) is 54.9 Å². The second-order valence-electron chi connectivity index (χ2n) is 4.47. The average Bonchev–Trinajstić information content (AvgIpc) is 2.15. The summed E-state index contributed by atoms with van der Waals surface area (Å²) in [6.45, 7) is 15.8. The monoisotopic (exact) mass is 194 g/mol. The highest BCUT2D eigenvalue weighted by Crippen LogP contribution is 2.27. The number of hydrogen-bond acceptors (Lipinski definition) is 0. The van der Waals surface area contributed by atoms with E-state index in [1.165, 1.54) is 12.0 Å². The first kappa shape index (κ1) is 13.5. The predicted molar refractivity (Wildman–Crippen MR) is 66.4 cm³/mol. The van der Waals surface area contributed by atoms with Crippen LogP contribution in [-0.4, -0.2) is 0 Å². The van der Waals surface area contributed by atoms with E-state index in [-0.39, 0.29) is 0 Å². The molecule has 0 aromatic heterocycles. The zero-order chi connectivity index (χ0) is 11.3. The Kier molecular flexibility index (Phi) is 5.83. The van der Waals surface area contributed by atoms with Crippen molar-refractivity contribution < 1.29 is 0 Å². The van der Waals surface area contributed by atoms with Crippen LogP contribution in [0.15, 0.2) is 22.8 Å². The molecule has 0 aliphatic rings. The van der Waals surface area contributed by atoms with Crippen molar-refractivity contribution in [3.63, 3.8) is 0 Å². The third-order valence-electron chi connectivity index (χ3n) is 3.37. The molecule has 0 amide bonds. The van der Waals surface area contributed by atoms with E-state index in [9.17, 15) is 0 Å². The highest BCUT2D eigenvalue weighted by atomic mass is 14.2. The Morgan fingerprint density at radius 3 is 1.93 bits per heavy atom. The van der Waals surface area contributed by atoms with Crippen LogP contribution in [0.4, 0.5) is 0 Å². The van der Waals surface area contributed by atoms with Gasteiger partial charge in [-0.2, -0.15) is 0 Å². The van der Waals surface area contributed by atoms with Gasteiger partial charge in [0.25, 0.3) is 0 Å². The summed E-state index contributed by atoms with van der Waals surface area (Å²) >= 11 is 0. The molecule has 14 heavy (non-hydrogen) atoms. The van der Waals surface area contributed by atoms with Crippen LogP contribution in [0.3, 0.4) is 0 Å². The van der Waals surface area contributed by atoms with E-state index in [1.54, 1.807) is 11.1 Å². The van der Waals surface area contributed by atoms with Gasteiger partial charge in [0.05, 0.1) is 0 Å². The van der Waals surface area contributed by atoms with Crippen molar-refractivity contribution in [1.82, 2.24) is 0 Å². The van der Waals surface area contributed by atoms with Crippen molar-refractivity contribution in [2.24, 2.45) is 11.8 Å². The lowest BCUT2D eigenvalue weighted by Gasteiger charge is -2.20. The van der Waals surface area contributed by atoms with Gasteiger partial charge in [-0.05, 0) is 39.0 Å². The zero-order valence-corrected chi connectivity index (χ0v) is 10.9. The van der Waals surface area contributed by atoms with Crippen LogP contribution in [0.5, 0.6) is 0 Å². The Bertz CT molecular complexity index is 228. The molecule has 0 aromatic rings. The molecule has 0 nitrogen and oxygen atoms in total. The average molecular weight is 194 g/mol. The second kappa shape index (κ2) is 6.06. The summed E-state index contributed by atoms with van der Waals surface area (Å²) in [5.41, 5.74) is 4.67. The van der Waals surface area contributed by atoms with Crippen molar-refractivity contribution in [2.75, 3.05) is 0 Å². The first-order valence-corrected chi connectivity index (χ1v) is 5.77. The normalized spacial score (nSPS) is 17.0. The minimum Gasteiger partial charge on any atom is -0.0881 e. The Labute approximate surface area is 90.1 Å². The maximum absolute atomic E-state index is 2.31. The first-order valence-electron chi connectivity index (χ1n) is 5.77. The lowest BCUT2D eigenvalue weighted by molar-refractivity contribution is 0.677. The van der Waals surface area contributed by atoms with Crippen LogP contribution >= 0.6 is 0 Å². The van der Waals surface area contributed by atoms with Crippen LogP contribution in [0.25, 0.3) is 0 Å². The molecule has 0 radical (unpaired) electrons. The Morgan fingerprint density at radius 2 is 1.64 bits per heavy atom. The summed E-state index contributed by atoms with van der Waals surface area (Å²) in [6, 6.07) is 0. The third-order valence-corrected chi connectivity index (χ3v) is 3.37. The van der Waals surface area contributed by atoms with Gasteiger partial charge in [0.15, 0.2) is 0 Å². The lowest BCUT2D eigenvalue weighted by Crippen LogP contribution is -2.05. The van der Waals surface area contributed by atoms with Gasteiger partial charge in [-0.3, -0.25) is 0 Å². The third kappa shape index (κ3) is 3.32. The van der Waals surface area contributed by atoms with Crippen LogP contribution in [0.2, 0.25) is 0 Å². The van der Waals surface area contributed by atoms with Gasteiger partial charge >= 0.3 is 0 Å². The molecule has 0 N–H and O–H groups in total. The molecule has 0 bridgehead atoms. The fourth-order valence-electron chi connectivity index (χ4n) is 2.01. The molecular weight excluding hydrogens is 168 g/mol. The highest BCUT2D eigenvalue weighted by molar-refractivity contribution is 5.23. The zero-order valence-electron chi connectivity index (χ0n) is 10.9. The highest BCUT2D eigenvalue weighted by Gasteiger charge is 2.12. The second-order valence-corrected chi connectivity index (χ2v) is 4.47. The molecule has 0 heteroatoms. The molecular formula is C14H26. The van der Waals surface area contributed by atoms with Crippen LogP contribution in [0, 0.1) is 11.8 Å². The van der Waals surface area contributed by atoms with Crippen molar-refractivity contribution in [3.8, 4) is 0 Å².